The Kier molecular flexibility index (Phi) is 7.10. The molecule has 1 aliphatic rings. The number of nitrogens with two attached hydrogens (primary N) is 1. The van der Waals surface area contributed by atoms with Crippen molar-refractivity contribution >= 4 is 17.5 Å². The molecule has 1 fully saturated rings. The molecule has 1 amide bonds. The molecule has 1 heterocycles. The quantitative estimate of drug-likeness (QED) is 0.660. The van der Waals surface area contributed by atoms with Gasteiger partial charge in [-0.1, -0.05) is 0 Å². The normalized spacial score (nSPS) is 18.8. The Balaban J connectivity index is 1.63. The first kappa shape index (κ1) is 23.6. The third-order valence-corrected chi connectivity index (χ3v) is 5.57. The fourth-order valence-electron chi connectivity index (χ4n) is 4.06. The Morgan fingerprint density at radius 2 is 1.88 bits per heavy atom. The number of primary amides is 1. The summed E-state index contributed by atoms with van der Waals surface area (Å²) in [6.07, 6.45) is -0.820. The Bertz CT molecular complexity index is 957. The minimum atomic E-state index is -4.79. The smallest absolute Gasteiger partial charge is 0.406 e. The van der Waals surface area contributed by atoms with E-state index in [4.69, 9.17) is 5.73 Å². The van der Waals surface area contributed by atoms with Crippen LogP contribution in [0.1, 0.15) is 47.4 Å². The zero-order valence-electron chi connectivity index (χ0n) is 18.4. The first-order chi connectivity index (χ1) is 15.0. The van der Waals surface area contributed by atoms with Gasteiger partial charge in [0.25, 0.3) is 0 Å². The molecule has 0 radical (unpaired) electrons. The SMILES string of the molecule is Cc1nc(NC2CCC(Cc3cc(OC(F)(F)F)ccc3C(N)=O)CC2)cc(N(C)C)n1. The van der Waals surface area contributed by atoms with Crippen molar-refractivity contribution in [3.8, 4) is 5.75 Å². The molecule has 0 atom stereocenters. The third-order valence-electron chi connectivity index (χ3n) is 5.57. The minimum absolute atomic E-state index is 0.229. The fourth-order valence-corrected chi connectivity index (χ4v) is 4.06. The number of ether oxygens (including phenoxy) is 1. The number of halogens is 3. The first-order valence-electron chi connectivity index (χ1n) is 10.5. The predicted molar refractivity (Wildman–Crippen MR) is 116 cm³/mol. The summed E-state index contributed by atoms with van der Waals surface area (Å²) in [7, 11) is 3.84. The van der Waals surface area contributed by atoms with Gasteiger partial charge >= 0.3 is 6.36 Å². The Hall–Kier alpha value is -3.04. The van der Waals surface area contributed by atoms with Crippen molar-refractivity contribution < 1.29 is 22.7 Å². The van der Waals surface area contributed by atoms with E-state index in [2.05, 4.69) is 20.0 Å². The lowest BCUT2D eigenvalue weighted by molar-refractivity contribution is -0.274. The number of hydrogen-bond donors (Lipinski definition) is 2. The van der Waals surface area contributed by atoms with Crippen molar-refractivity contribution in [2.75, 3.05) is 24.3 Å². The van der Waals surface area contributed by atoms with Crippen LogP contribution in [0, 0.1) is 12.8 Å². The van der Waals surface area contributed by atoms with Crippen LogP contribution in [0.3, 0.4) is 0 Å². The molecular formula is C22H28F3N5O2. The summed E-state index contributed by atoms with van der Waals surface area (Å²) >= 11 is 0. The molecule has 1 saturated carbocycles. The highest BCUT2D eigenvalue weighted by Crippen LogP contribution is 2.32. The number of amides is 1. The molecule has 0 bridgehead atoms. The van der Waals surface area contributed by atoms with E-state index in [1.807, 2.05) is 32.0 Å². The Morgan fingerprint density at radius 1 is 1.19 bits per heavy atom. The van der Waals surface area contributed by atoms with E-state index in [1.54, 1.807) is 0 Å². The molecule has 0 unspecified atom stereocenters. The van der Waals surface area contributed by atoms with E-state index < -0.39 is 12.3 Å². The van der Waals surface area contributed by atoms with Gasteiger partial charge in [-0.3, -0.25) is 4.79 Å². The van der Waals surface area contributed by atoms with Crippen LogP contribution in [-0.4, -0.2) is 42.4 Å². The van der Waals surface area contributed by atoms with Gasteiger partial charge in [-0.15, -0.1) is 13.2 Å². The molecule has 10 heteroatoms. The number of aromatic nitrogens is 2. The van der Waals surface area contributed by atoms with E-state index in [9.17, 15) is 18.0 Å². The highest BCUT2D eigenvalue weighted by atomic mass is 19.4. The number of hydrogen-bond acceptors (Lipinski definition) is 6. The lowest BCUT2D eigenvalue weighted by atomic mass is 9.81. The van der Waals surface area contributed by atoms with E-state index in [1.165, 1.54) is 12.1 Å². The van der Waals surface area contributed by atoms with E-state index in [0.29, 0.717) is 17.8 Å². The summed E-state index contributed by atoms with van der Waals surface area (Å²) in [5, 5.41) is 3.47. The van der Waals surface area contributed by atoms with Crippen molar-refractivity contribution in [1.82, 2.24) is 9.97 Å². The van der Waals surface area contributed by atoms with E-state index >= 15 is 0 Å². The molecule has 1 aromatic heterocycles. The highest BCUT2D eigenvalue weighted by molar-refractivity contribution is 5.94. The van der Waals surface area contributed by atoms with Crippen LogP contribution in [0.2, 0.25) is 0 Å². The monoisotopic (exact) mass is 451 g/mol. The number of benzene rings is 1. The second kappa shape index (κ2) is 9.62. The van der Waals surface area contributed by atoms with Gasteiger partial charge in [0.05, 0.1) is 0 Å². The maximum atomic E-state index is 12.6. The summed E-state index contributed by atoms with van der Waals surface area (Å²) < 4.78 is 41.7. The molecule has 0 spiro atoms. The van der Waals surface area contributed by atoms with Gasteiger partial charge in [-0.25, -0.2) is 9.97 Å². The molecular weight excluding hydrogens is 423 g/mol. The van der Waals surface area contributed by atoms with Crippen LogP contribution >= 0.6 is 0 Å². The molecule has 0 saturated heterocycles. The average molecular weight is 451 g/mol. The van der Waals surface area contributed by atoms with Crippen LogP contribution in [-0.2, 0) is 6.42 Å². The molecule has 1 aliphatic carbocycles. The van der Waals surface area contributed by atoms with Crippen LogP contribution < -0.4 is 20.7 Å². The molecule has 2 aromatic rings. The van der Waals surface area contributed by atoms with Crippen LogP contribution in [0.5, 0.6) is 5.75 Å². The number of aryl methyl sites for hydroxylation is 1. The number of anilines is 2. The minimum Gasteiger partial charge on any atom is -0.406 e. The van der Waals surface area contributed by atoms with Gasteiger partial charge in [0.2, 0.25) is 5.91 Å². The summed E-state index contributed by atoms with van der Waals surface area (Å²) in [6.45, 7) is 1.85. The number of alkyl halides is 3. The van der Waals surface area contributed by atoms with Gasteiger partial charge in [0, 0.05) is 31.8 Å². The summed E-state index contributed by atoms with van der Waals surface area (Å²) in [6, 6.07) is 5.83. The topological polar surface area (TPSA) is 93.4 Å². The summed E-state index contributed by atoms with van der Waals surface area (Å²) in [5.74, 6) is 1.52. The van der Waals surface area contributed by atoms with Gasteiger partial charge in [0.1, 0.15) is 23.2 Å². The second-order valence-electron chi connectivity index (χ2n) is 8.35. The van der Waals surface area contributed by atoms with E-state index in [0.717, 1.165) is 43.4 Å². The Morgan fingerprint density at radius 3 is 2.47 bits per heavy atom. The number of carbonyl (C=O) groups is 1. The maximum absolute atomic E-state index is 12.6. The third kappa shape index (κ3) is 6.48. The number of nitrogens with zero attached hydrogens (tertiary/aromatic N) is 3. The standard InChI is InChI=1S/C22H28F3N5O2/c1-13-27-19(12-20(28-13)30(2)3)29-16-6-4-14(5-7-16)10-15-11-17(32-22(23,24)25)8-9-18(15)21(26)31/h8-9,11-12,14,16H,4-7,10H2,1-3H3,(H2,26,31)(H,27,28,29). The number of carbonyl (C=O) groups excluding carboxylic acids is 1. The molecule has 7 nitrogen and oxygen atoms in total. The van der Waals surface area contributed by atoms with Crippen molar-refractivity contribution in [2.24, 2.45) is 11.7 Å². The molecule has 32 heavy (non-hydrogen) atoms. The summed E-state index contributed by atoms with van der Waals surface area (Å²) in [4.78, 5) is 22.5. The van der Waals surface area contributed by atoms with Crippen LogP contribution in [0.4, 0.5) is 24.8 Å². The lowest BCUT2D eigenvalue weighted by Crippen LogP contribution is -2.28. The zero-order chi connectivity index (χ0) is 23.5. The molecule has 174 valence electrons. The highest BCUT2D eigenvalue weighted by Gasteiger charge is 2.31. The van der Waals surface area contributed by atoms with Gasteiger partial charge in [-0.05, 0) is 68.7 Å². The zero-order valence-corrected chi connectivity index (χ0v) is 18.4. The average Bonchev–Trinajstić information content (AvgIpc) is 2.67. The number of rotatable bonds is 7. The van der Waals surface area contributed by atoms with Crippen molar-refractivity contribution in [2.45, 2.75) is 51.4 Å². The van der Waals surface area contributed by atoms with Crippen LogP contribution in [0.25, 0.3) is 0 Å². The van der Waals surface area contributed by atoms with E-state index in [-0.39, 0.29) is 23.3 Å². The maximum Gasteiger partial charge on any atom is 0.573 e. The van der Waals surface area contributed by atoms with Crippen LogP contribution in [0.15, 0.2) is 24.3 Å². The van der Waals surface area contributed by atoms with Crippen molar-refractivity contribution in [3.05, 3.63) is 41.2 Å². The Labute approximate surface area is 185 Å². The van der Waals surface area contributed by atoms with Gasteiger partial charge < -0.3 is 20.7 Å². The summed E-state index contributed by atoms with van der Waals surface area (Å²) in [5.41, 5.74) is 6.14. The molecule has 3 N–H and O–H groups in total. The largest absolute Gasteiger partial charge is 0.573 e. The first-order valence-corrected chi connectivity index (χ1v) is 10.5. The molecule has 3 rings (SSSR count). The van der Waals surface area contributed by atoms with Gasteiger partial charge in [-0.2, -0.15) is 0 Å². The van der Waals surface area contributed by atoms with Crippen molar-refractivity contribution in [3.63, 3.8) is 0 Å². The van der Waals surface area contributed by atoms with Crippen molar-refractivity contribution in [1.29, 1.82) is 0 Å². The second-order valence-corrected chi connectivity index (χ2v) is 8.35. The predicted octanol–water partition coefficient (Wildman–Crippen LogP) is 4.06. The molecule has 1 aromatic carbocycles. The van der Waals surface area contributed by atoms with Gasteiger partial charge in [0.15, 0.2) is 0 Å². The molecule has 0 aliphatic heterocycles. The lowest BCUT2D eigenvalue weighted by Gasteiger charge is -2.30. The fraction of sp³-hybridized carbons (Fsp3) is 0.500. The number of nitrogens with one attached hydrogen (secondary N) is 1.